The van der Waals surface area contributed by atoms with E-state index in [-0.39, 0.29) is 11.9 Å². The van der Waals surface area contributed by atoms with E-state index in [4.69, 9.17) is 0 Å². The van der Waals surface area contributed by atoms with E-state index in [0.717, 1.165) is 6.54 Å². The summed E-state index contributed by atoms with van der Waals surface area (Å²) in [6, 6.07) is 0.906. The molecule has 0 radical (unpaired) electrons. The predicted molar refractivity (Wildman–Crippen MR) is 68.5 cm³/mol. The summed E-state index contributed by atoms with van der Waals surface area (Å²) in [5, 5.41) is 5.85. The minimum absolute atomic E-state index is 0.0648. The highest BCUT2D eigenvalue weighted by molar-refractivity contribution is 5.81. The Morgan fingerprint density at radius 3 is 2.00 bits per heavy atom. The van der Waals surface area contributed by atoms with Crippen LogP contribution < -0.4 is 10.6 Å². The summed E-state index contributed by atoms with van der Waals surface area (Å²) < 4.78 is 0. The topological polar surface area (TPSA) is 44.4 Å². The maximum absolute atomic E-state index is 11.5. The summed E-state index contributed by atoms with van der Waals surface area (Å²) >= 11 is 0. The van der Waals surface area contributed by atoms with Crippen LogP contribution in [0.4, 0.5) is 0 Å². The van der Waals surface area contributed by atoms with Crippen LogP contribution in [-0.2, 0) is 4.79 Å². The third-order valence-electron chi connectivity index (χ3n) is 2.82. The van der Waals surface area contributed by atoms with Crippen LogP contribution in [0.2, 0.25) is 0 Å². The van der Waals surface area contributed by atoms with Crippen LogP contribution in [0.3, 0.4) is 0 Å². The number of rotatable bonds is 7. The number of hydrogen-bond acceptors (Lipinski definition) is 3. The van der Waals surface area contributed by atoms with E-state index in [2.05, 4.69) is 43.2 Å². The van der Waals surface area contributed by atoms with Crippen LogP contribution in [-0.4, -0.2) is 49.1 Å². The van der Waals surface area contributed by atoms with Crippen molar-refractivity contribution in [3.8, 4) is 0 Å². The number of carbonyl (C=O) groups is 1. The van der Waals surface area contributed by atoms with E-state index in [1.807, 2.05) is 6.92 Å². The second-order valence-corrected chi connectivity index (χ2v) is 4.73. The minimum Gasteiger partial charge on any atom is -0.353 e. The highest BCUT2D eigenvalue weighted by Crippen LogP contribution is 2.03. The van der Waals surface area contributed by atoms with E-state index in [1.165, 1.54) is 0 Å². The van der Waals surface area contributed by atoms with Crippen molar-refractivity contribution in [2.45, 2.75) is 52.7 Å². The molecule has 0 saturated heterocycles. The van der Waals surface area contributed by atoms with E-state index in [0.29, 0.717) is 18.6 Å². The normalized spacial score (nSPS) is 13.6. The first-order valence-corrected chi connectivity index (χ1v) is 6.10. The van der Waals surface area contributed by atoms with Gasteiger partial charge < -0.3 is 10.6 Å². The fraction of sp³-hybridized carbons (Fsp3) is 0.917. The summed E-state index contributed by atoms with van der Waals surface area (Å²) in [7, 11) is 1.79. The first-order chi connectivity index (χ1) is 7.40. The molecule has 0 fully saturated rings. The quantitative estimate of drug-likeness (QED) is 0.679. The van der Waals surface area contributed by atoms with Crippen molar-refractivity contribution < 1.29 is 4.79 Å². The van der Waals surface area contributed by atoms with E-state index < -0.39 is 0 Å². The highest BCUT2D eigenvalue weighted by atomic mass is 16.2. The number of hydrogen-bond donors (Lipinski definition) is 2. The Kier molecular flexibility index (Phi) is 7.34. The Hall–Kier alpha value is -0.610. The third kappa shape index (κ3) is 5.47. The fourth-order valence-corrected chi connectivity index (χ4v) is 1.71. The molecular formula is C12H27N3O. The zero-order valence-corrected chi connectivity index (χ0v) is 11.5. The lowest BCUT2D eigenvalue weighted by atomic mass is 10.2. The molecule has 0 saturated carbocycles. The van der Waals surface area contributed by atoms with Crippen molar-refractivity contribution >= 4 is 5.91 Å². The summed E-state index contributed by atoms with van der Waals surface area (Å²) in [5.41, 5.74) is 0. The molecule has 1 atom stereocenters. The fourth-order valence-electron chi connectivity index (χ4n) is 1.71. The molecule has 0 rings (SSSR count). The Bertz CT molecular complexity index is 196. The van der Waals surface area contributed by atoms with Gasteiger partial charge in [0, 0.05) is 25.2 Å². The van der Waals surface area contributed by atoms with Crippen LogP contribution in [0, 0.1) is 0 Å². The van der Waals surface area contributed by atoms with E-state index in [9.17, 15) is 4.79 Å². The number of nitrogens with one attached hydrogen (secondary N) is 2. The van der Waals surface area contributed by atoms with Gasteiger partial charge in [-0.25, -0.2) is 0 Å². The molecule has 4 heteroatoms. The summed E-state index contributed by atoms with van der Waals surface area (Å²) in [5.74, 6) is 0.0648. The zero-order valence-electron chi connectivity index (χ0n) is 11.5. The zero-order chi connectivity index (χ0) is 12.7. The maximum Gasteiger partial charge on any atom is 0.236 e. The largest absolute Gasteiger partial charge is 0.353 e. The lowest BCUT2D eigenvalue weighted by molar-refractivity contribution is -0.122. The van der Waals surface area contributed by atoms with Crippen molar-refractivity contribution in [1.29, 1.82) is 0 Å². The van der Waals surface area contributed by atoms with Crippen LogP contribution in [0.25, 0.3) is 0 Å². The molecule has 0 aromatic rings. The van der Waals surface area contributed by atoms with Crippen molar-refractivity contribution in [2.75, 3.05) is 20.1 Å². The second kappa shape index (κ2) is 7.63. The van der Waals surface area contributed by atoms with Gasteiger partial charge in [-0.05, 0) is 41.7 Å². The average molecular weight is 229 g/mol. The highest BCUT2D eigenvalue weighted by Gasteiger charge is 2.14. The van der Waals surface area contributed by atoms with Crippen LogP contribution in [0.1, 0.15) is 34.6 Å². The molecule has 16 heavy (non-hydrogen) atoms. The number of nitrogens with zero attached hydrogens (tertiary/aromatic N) is 1. The SMILES string of the molecule is CNC(C)C(=O)NCCN(C(C)C)C(C)C. The standard InChI is InChI=1S/C12H27N3O/c1-9(2)15(10(3)4)8-7-14-12(16)11(5)13-6/h9-11,13H,7-8H2,1-6H3,(H,14,16). The Balaban J connectivity index is 3.91. The monoisotopic (exact) mass is 229 g/mol. The third-order valence-corrected chi connectivity index (χ3v) is 2.82. The van der Waals surface area contributed by atoms with Crippen LogP contribution in [0.15, 0.2) is 0 Å². The molecule has 0 aromatic carbocycles. The van der Waals surface area contributed by atoms with Crippen LogP contribution in [0.5, 0.6) is 0 Å². The van der Waals surface area contributed by atoms with Gasteiger partial charge in [-0.3, -0.25) is 9.69 Å². The molecule has 0 aliphatic heterocycles. The van der Waals surface area contributed by atoms with Gasteiger partial charge >= 0.3 is 0 Å². The molecular weight excluding hydrogens is 202 g/mol. The second-order valence-electron chi connectivity index (χ2n) is 4.73. The van der Waals surface area contributed by atoms with Gasteiger partial charge in [0.05, 0.1) is 6.04 Å². The van der Waals surface area contributed by atoms with Crippen molar-refractivity contribution in [3.05, 3.63) is 0 Å². The Labute approximate surface area is 99.8 Å². The minimum atomic E-state index is -0.119. The van der Waals surface area contributed by atoms with Gasteiger partial charge in [0.25, 0.3) is 0 Å². The molecule has 2 N–H and O–H groups in total. The van der Waals surface area contributed by atoms with Gasteiger partial charge in [0.15, 0.2) is 0 Å². The Morgan fingerprint density at radius 2 is 1.62 bits per heavy atom. The van der Waals surface area contributed by atoms with Gasteiger partial charge in [-0.1, -0.05) is 0 Å². The molecule has 0 aliphatic carbocycles. The van der Waals surface area contributed by atoms with Crippen molar-refractivity contribution in [2.24, 2.45) is 0 Å². The smallest absolute Gasteiger partial charge is 0.236 e. The molecule has 0 spiro atoms. The number of carbonyl (C=O) groups excluding carboxylic acids is 1. The number of amides is 1. The van der Waals surface area contributed by atoms with Crippen molar-refractivity contribution in [1.82, 2.24) is 15.5 Å². The molecule has 0 bridgehead atoms. The summed E-state index contributed by atoms with van der Waals surface area (Å²) in [6.07, 6.45) is 0. The lowest BCUT2D eigenvalue weighted by Crippen LogP contribution is -2.46. The molecule has 0 aromatic heterocycles. The summed E-state index contributed by atoms with van der Waals surface area (Å²) in [6.45, 7) is 12.2. The molecule has 4 nitrogen and oxygen atoms in total. The maximum atomic E-state index is 11.5. The van der Waals surface area contributed by atoms with Gasteiger partial charge in [-0.2, -0.15) is 0 Å². The average Bonchev–Trinajstić information content (AvgIpc) is 2.21. The van der Waals surface area contributed by atoms with E-state index in [1.54, 1.807) is 7.05 Å². The summed E-state index contributed by atoms with van der Waals surface area (Å²) in [4.78, 5) is 13.9. The van der Waals surface area contributed by atoms with Gasteiger partial charge in [0.1, 0.15) is 0 Å². The lowest BCUT2D eigenvalue weighted by Gasteiger charge is -2.30. The van der Waals surface area contributed by atoms with E-state index >= 15 is 0 Å². The first-order valence-electron chi connectivity index (χ1n) is 6.10. The van der Waals surface area contributed by atoms with Crippen LogP contribution >= 0.6 is 0 Å². The molecule has 96 valence electrons. The number of likely N-dealkylation sites (N-methyl/N-ethyl adjacent to an activating group) is 1. The first kappa shape index (κ1) is 15.4. The molecule has 0 heterocycles. The molecule has 1 amide bonds. The Morgan fingerprint density at radius 1 is 1.12 bits per heavy atom. The van der Waals surface area contributed by atoms with Crippen molar-refractivity contribution in [3.63, 3.8) is 0 Å². The van der Waals surface area contributed by atoms with Gasteiger partial charge in [0.2, 0.25) is 5.91 Å². The molecule has 0 aliphatic rings. The van der Waals surface area contributed by atoms with Gasteiger partial charge in [-0.15, -0.1) is 0 Å². The predicted octanol–water partition coefficient (Wildman–Crippen LogP) is 0.829. The molecule has 1 unspecified atom stereocenters.